The largest absolute Gasteiger partial charge is 0.120 e. The molecule has 1 aromatic carbocycles. The molecule has 0 aromatic heterocycles. The third-order valence-corrected chi connectivity index (χ3v) is 6.39. The molecule has 0 heteroatoms. The Morgan fingerprint density at radius 1 is 1.12 bits per heavy atom. The Balaban J connectivity index is 0.000000196. The lowest BCUT2D eigenvalue weighted by Crippen LogP contribution is -2.13. The molecule has 1 saturated carbocycles. The van der Waals surface area contributed by atoms with Gasteiger partial charge in [0.25, 0.3) is 0 Å². The molecule has 1 aromatic rings. The summed E-state index contributed by atoms with van der Waals surface area (Å²) in [6, 6.07) is 2.37. The summed E-state index contributed by atoms with van der Waals surface area (Å²) in [7, 11) is 0. The molecule has 0 nitrogen and oxygen atoms in total. The van der Waals surface area contributed by atoms with E-state index in [1.54, 1.807) is 11.1 Å². The van der Waals surface area contributed by atoms with Gasteiger partial charge in [0, 0.05) is 5.92 Å². The first-order chi connectivity index (χ1) is 12.0. The zero-order valence-electron chi connectivity index (χ0n) is 17.0. The van der Waals surface area contributed by atoms with Gasteiger partial charge in [-0.2, -0.15) is 0 Å². The molecule has 0 heterocycles. The molecule has 1 unspecified atom stereocenters. The van der Waals surface area contributed by atoms with E-state index in [9.17, 15) is 0 Å². The summed E-state index contributed by atoms with van der Waals surface area (Å²) < 4.78 is 0. The first kappa shape index (κ1) is 19.8. The maximum atomic E-state index is 5.35. The van der Waals surface area contributed by atoms with Crippen LogP contribution in [0.25, 0.3) is 5.57 Å². The van der Waals surface area contributed by atoms with Crippen molar-refractivity contribution in [3.05, 3.63) is 40.0 Å². The predicted molar refractivity (Wildman–Crippen MR) is 112 cm³/mol. The van der Waals surface area contributed by atoms with E-state index < -0.39 is 0 Å². The topological polar surface area (TPSA) is 0 Å². The molecule has 2 aliphatic carbocycles. The Bertz CT molecular complexity index is 648. The van der Waals surface area contributed by atoms with Crippen LogP contribution >= 0.6 is 0 Å². The van der Waals surface area contributed by atoms with Gasteiger partial charge >= 0.3 is 0 Å². The average Bonchev–Trinajstić information content (AvgIpc) is 3.15. The smallest absolute Gasteiger partial charge is 0.0200 e. The van der Waals surface area contributed by atoms with Crippen LogP contribution in [-0.2, 0) is 12.8 Å². The maximum absolute atomic E-state index is 5.35. The second kappa shape index (κ2) is 9.28. The molecule has 0 radical (unpaired) electrons. The van der Waals surface area contributed by atoms with Crippen LogP contribution in [0.1, 0.15) is 87.1 Å². The SMILES string of the molecule is C#CC(C)C1CCCCC1.C/C=C(\C)c1cc(C)c2c(c1C)CCC2. The van der Waals surface area contributed by atoms with Crippen molar-refractivity contribution in [2.75, 3.05) is 0 Å². The van der Waals surface area contributed by atoms with E-state index >= 15 is 0 Å². The van der Waals surface area contributed by atoms with Crippen molar-refractivity contribution < 1.29 is 0 Å². The molecule has 1 fully saturated rings. The zero-order chi connectivity index (χ0) is 18.4. The summed E-state index contributed by atoms with van der Waals surface area (Å²) in [6.45, 7) is 11.1. The van der Waals surface area contributed by atoms with E-state index in [0.717, 1.165) is 5.92 Å². The summed E-state index contributed by atoms with van der Waals surface area (Å²) in [5.74, 6) is 4.18. The molecule has 136 valence electrons. The lowest BCUT2D eigenvalue weighted by molar-refractivity contribution is 0.306. The molecule has 25 heavy (non-hydrogen) atoms. The molecule has 0 aliphatic heterocycles. The van der Waals surface area contributed by atoms with Crippen LogP contribution in [0.5, 0.6) is 0 Å². The van der Waals surface area contributed by atoms with Crippen LogP contribution in [0.3, 0.4) is 0 Å². The Morgan fingerprint density at radius 3 is 2.36 bits per heavy atom. The molecule has 0 amide bonds. The monoisotopic (exact) mass is 336 g/mol. The second-order valence-corrected chi connectivity index (χ2v) is 8.00. The van der Waals surface area contributed by atoms with E-state index in [-0.39, 0.29) is 0 Å². The number of fused-ring (bicyclic) bond motifs is 1. The normalized spacial score (nSPS) is 18.8. The molecule has 0 spiro atoms. The predicted octanol–water partition coefficient (Wildman–Crippen LogP) is 7.05. The number of rotatable bonds is 2. The highest BCUT2D eigenvalue weighted by molar-refractivity contribution is 5.69. The summed E-state index contributed by atoms with van der Waals surface area (Å²) in [4.78, 5) is 0. The maximum Gasteiger partial charge on any atom is 0.0200 e. The van der Waals surface area contributed by atoms with Crippen molar-refractivity contribution in [2.45, 2.75) is 86.0 Å². The van der Waals surface area contributed by atoms with Gasteiger partial charge in [-0.1, -0.05) is 38.3 Å². The fourth-order valence-corrected chi connectivity index (χ4v) is 4.50. The van der Waals surface area contributed by atoms with E-state index in [2.05, 4.69) is 52.7 Å². The molecule has 3 rings (SSSR count). The number of benzene rings is 1. The summed E-state index contributed by atoms with van der Waals surface area (Å²) in [5.41, 5.74) is 9.13. The van der Waals surface area contributed by atoms with Gasteiger partial charge in [-0.15, -0.1) is 12.3 Å². The standard InChI is InChI=1S/C15H20.C10H16/c1-5-10(2)15-9-11(3)13-7-6-8-14(13)12(15)4;1-3-9(2)10-7-5-4-6-8-10/h5,9H,6-8H2,1-4H3;1,9-10H,4-8H2,2H3/b10-5+;. The van der Waals surface area contributed by atoms with Gasteiger partial charge in [-0.05, 0) is 99.1 Å². The molecule has 0 bridgehead atoms. The van der Waals surface area contributed by atoms with Crippen LogP contribution in [0, 0.1) is 38.0 Å². The van der Waals surface area contributed by atoms with E-state index in [4.69, 9.17) is 6.42 Å². The van der Waals surface area contributed by atoms with Gasteiger partial charge in [0.15, 0.2) is 0 Å². The molecular weight excluding hydrogens is 300 g/mol. The van der Waals surface area contributed by atoms with Crippen LogP contribution in [0.15, 0.2) is 12.1 Å². The van der Waals surface area contributed by atoms with Crippen molar-refractivity contribution in [3.63, 3.8) is 0 Å². The van der Waals surface area contributed by atoms with Crippen molar-refractivity contribution in [2.24, 2.45) is 11.8 Å². The van der Waals surface area contributed by atoms with Crippen LogP contribution in [-0.4, -0.2) is 0 Å². The Kier molecular flexibility index (Phi) is 7.37. The highest BCUT2D eigenvalue weighted by Crippen LogP contribution is 2.33. The molecule has 2 aliphatic rings. The minimum Gasteiger partial charge on any atom is -0.120 e. The summed E-state index contributed by atoms with van der Waals surface area (Å²) in [6.07, 6.45) is 18.4. The van der Waals surface area contributed by atoms with Crippen LogP contribution < -0.4 is 0 Å². The number of hydrogen-bond acceptors (Lipinski definition) is 0. The second-order valence-electron chi connectivity index (χ2n) is 8.00. The average molecular weight is 337 g/mol. The first-order valence-corrected chi connectivity index (χ1v) is 10.2. The van der Waals surface area contributed by atoms with Gasteiger partial charge in [0.05, 0.1) is 0 Å². The van der Waals surface area contributed by atoms with Crippen molar-refractivity contribution in [1.29, 1.82) is 0 Å². The quantitative estimate of drug-likeness (QED) is 0.507. The van der Waals surface area contributed by atoms with Crippen LogP contribution in [0.4, 0.5) is 0 Å². The minimum absolute atomic E-state index is 0.514. The van der Waals surface area contributed by atoms with Gasteiger partial charge in [-0.25, -0.2) is 0 Å². The highest BCUT2D eigenvalue weighted by Gasteiger charge is 2.18. The van der Waals surface area contributed by atoms with Crippen molar-refractivity contribution in [1.82, 2.24) is 0 Å². The molecule has 1 atom stereocenters. The highest BCUT2D eigenvalue weighted by atomic mass is 14.2. The number of terminal acetylenes is 1. The first-order valence-electron chi connectivity index (χ1n) is 10.2. The molecule has 0 saturated heterocycles. The molecule has 0 N–H and O–H groups in total. The van der Waals surface area contributed by atoms with Crippen molar-refractivity contribution >= 4 is 5.57 Å². The summed E-state index contributed by atoms with van der Waals surface area (Å²) >= 11 is 0. The zero-order valence-corrected chi connectivity index (χ0v) is 17.0. The Hall–Kier alpha value is -1.48. The van der Waals surface area contributed by atoms with Crippen LogP contribution in [0.2, 0.25) is 0 Å². The number of allylic oxidation sites excluding steroid dienone is 2. The van der Waals surface area contributed by atoms with E-state index in [0.29, 0.717) is 5.92 Å². The van der Waals surface area contributed by atoms with E-state index in [1.165, 1.54) is 73.6 Å². The minimum atomic E-state index is 0.514. The lowest BCUT2D eigenvalue weighted by atomic mass is 9.81. The van der Waals surface area contributed by atoms with Crippen molar-refractivity contribution in [3.8, 4) is 12.3 Å². The Morgan fingerprint density at radius 2 is 1.76 bits per heavy atom. The fraction of sp³-hybridized carbons (Fsp3) is 0.600. The van der Waals surface area contributed by atoms with Gasteiger partial charge in [0.2, 0.25) is 0 Å². The summed E-state index contributed by atoms with van der Waals surface area (Å²) in [5, 5.41) is 0. The number of aryl methyl sites for hydroxylation is 1. The number of hydrogen-bond donors (Lipinski definition) is 0. The van der Waals surface area contributed by atoms with Gasteiger partial charge in [0.1, 0.15) is 0 Å². The lowest BCUT2D eigenvalue weighted by Gasteiger charge is -2.23. The molecular formula is C25H36. The van der Waals surface area contributed by atoms with Gasteiger partial charge < -0.3 is 0 Å². The fourth-order valence-electron chi connectivity index (χ4n) is 4.50. The van der Waals surface area contributed by atoms with Gasteiger partial charge in [-0.3, -0.25) is 0 Å². The third kappa shape index (κ3) is 4.78. The Labute approximate surface area is 156 Å². The third-order valence-electron chi connectivity index (χ3n) is 6.39. The van der Waals surface area contributed by atoms with E-state index in [1.807, 2.05) is 0 Å².